The first-order valence-corrected chi connectivity index (χ1v) is 8.33. The molecule has 1 aromatic heterocycles. The van der Waals surface area contributed by atoms with Crippen LogP contribution in [0.2, 0.25) is 0 Å². The molecule has 0 unspecified atom stereocenters. The topological polar surface area (TPSA) is 69.8 Å². The standard InChI is InChI=1S/C18H12F6N4O2/c19-17(20,21)13-7-3-1-5-11(13)9-27-15(29)25-26-16(30)28(27)10-12-6-2-4-8-14(12)18(22,23)24/h1-8H,9-10H2. The minimum atomic E-state index is -4.74. The second-order valence-corrected chi connectivity index (χ2v) is 6.19. The smallest absolute Gasteiger partial charge is 0.242 e. The molecule has 0 amide bonds. The first-order chi connectivity index (χ1) is 14.0. The third-order valence-electron chi connectivity index (χ3n) is 4.24. The van der Waals surface area contributed by atoms with Crippen molar-refractivity contribution in [3.63, 3.8) is 0 Å². The zero-order valence-electron chi connectivity index (χ0n) is 14.9. The molecule has 0 aliphatic rings. The van der Waals surface area contributed by atoms with Gasteiger partial charge in [-0.1, -0.05) is 46.6 Å². The van der Waals surface area contributed by atoms with Crippen LogP contribution in [0.1, 0.15) is 22.3 Å². The molecule has 0 spiro atoms. The normalized spacial score (nSPS) is 12.2. The van der Waals surface area contributed by atoms with Crippen LogP contribution in [0.15, 0.2) is 58.1 Å². The summed E-state index contributed by atoms with van der Waals surface area (Å²) in [5, 5.41) is 6.12. The van der Waals surface area contributed by atoms with E-state index in [1.807, 2.05) is 0 Å². The summed E-state index contributed by atoms with van der Waals surface area (Å²) in [5.41, 5.74) is -5.20. The molecule has 3 aromatic rings. The lowest BCUT2D eigenvalue weighted by Gasteiger charge is -2.18. The Balaban J connectivity index is 2.12. The Kier molecular flexibility index (Phi) is 5.51. The average molecular weight is 430 g/mol. The third-order valence-corrected chi connectivity index (χ3v) is 4.24. The number of halogens is 6. The number of hydrogen-bond acceptors (Lipinski definition) is 4. The lowest BCUT2D eigenvalue weighted by Crippen LogP contribution is -2.43. The van der Waals surface area contributed by atoms with Gasteiger partial charge in [0.2, 0.25) is 0 Å². The lowest BCUT2D eigenvalue weighted by atomic mass is 10.1. The quantitative estimate of drug-likeness (QED) is 0.597. The van der Waals surface area contributed by atoms with E-state index in [0.717, 1.165) is 36.4 Å². The van der Waals surface area contributed by atoms with Crippen molar-refractivity contribution in [2.24, 2.45) is 0 Å². The largest absolute Gasteiger partial charge is 0.416 e. The molecular formula is C18H12F6N4O2. The highest BCUT2D eigenvalue weighted by Gasteiger charge is 2.34. The molecule has 0 saturated carbocycles. The molecule has 0 atom stereocenters. The van der Waals surface area contributed by atoms with Gasteiger partial charge in [-0.25, -0.2) is 19.0 Å². The minimum absolute atomic E-state index is 0.364. The molecule has 158 valence electrons. The Morgan fingerprint density at radius 2 is 0.967 bits per heavy atom. The van der Waals surface area contributed by atoms with Crippen molar-refractivity contribution in [3.8, 4) is 0 Å². The van der Waals surface area contributed by atoms with Gasteiger partial charge in [-0.3, -0.25) is 0 Å². The molecule has 0 saturated heterocycles. The van der Waals surface area contributed by atoms with Gasteiger partial charge >= 0.3 is 23.7 Å². The molecule has 2 aromatic carbocycles. The van der Waals surface area contributed by atoms with Crippen LogP contribution in [-0.4, -0.2) is 19.6 Å². The zero-order valence-corrected chi connectivity index (χ0v) is 14.9. The van der Waals surface area contributed by atoms with Gasteiger partial charge < -0.3 is 0 Å². The summed E-state index contributed by atoms with van der Waals surface area (Å²) in [7, 11) is 0. The van der Waals surface area contributed by atoms with Crippen LogP contribution >= 0.6 is 0 Å². The van der Waals surface area contributed by atoms with Gasteiger partial charge in [0.15, 0.2) is 0 Å². The van der Waals surface area contributed by atoms with Gasteiger partial charge in [0.25, 0.3) is 0 Å². The number of nitrogens with zero attached hydrogens (tertiary/aromatic N) is 4. The molecule has 0 aliphatic heterocycles. The van der Waals surface area contributed by atoms with Crippen LogP contribution < -0.4 is 11.4 Å². The summed E-state index contributed by atoms with van der Waals surface area (Å²) in [6.45, 7) is -1.49. The summed E-state index contributed by atoms with van der Waals surface area (Å²) in [4.78, 5) is 24.3. The van der Waals surface area contributed by atoms with Crippen LogP contribution in [-0.2, 0) is 25.4 Å². The fraction of sp³-hybridized carbons (Fsp3) is 0.222. The van der Waals surface area contributed by atoms with Gasteiger partial charge in [-0.05, 0) is 23.3 Å². The molecular weight excluding hydrogens is 418 g/mol. The second kappa shape index (κ2) is 7.76. The Morgan fingerprint density at radius 3 is 1.30 bits per heavy atom. The predicted molar refractivity (Wildman–Crippen MR) is 91.6 cm³/mol. The van der Waals surface area contributed by atoms with Crippen LogP contribution in [0, 0.1) is 0 Å². The van der Waals surface area contributed by atoms with Crippen LogP contribution in [0.4, 0.5) is 26.3 Å². The van der Waals surface area contributed by atoms with Crippen LogP contribution in [0.3, 0.4) is 0 Å². The van der Waals surface area contributed by atoms with Gasteiger partial charge in [0.05, 0.1) is 24.2 Å². The van der Waals surface area contributed by atoms with Gasteiger partial charge in [0, 0.05) is 0 Å². The maximum absolute atomic E-state index is 13.3. The molecule has 0 fully saturated rings. The Morgan fingerprint density at radius 1 is 0.633 bits per heavy atom. The Bertz CT molecular complexity index is 1090. The second-order valence-electron chi connectivity index (χ2n) is 6.19. The van der Waals surface area contributed by atoms with Gasteiger partial charge in [-0.2, -0.15) is 26.3 Å². The molecule has 0 aliphatic carbocycles. The van der Waals surface area contributed by atoms with Crippen molar-refractivity contribution >= 4 is 0 Å². The first-order valence-electron chi connectivity index (χ1n) is 8.33. The highest BCUT2D eigenvalue weighted by Crippen LogP contribution is 2.33. The lowest BCUT2D eigenvalue weighted by molar-refractivity contribution is -0.139. The van der Waals surface area contributed by atoms with Crippen molar-refractivity contribution in [2.45, 2.75) is 25.4 Å². The highest BCUT2D eigenvalue weighted by molar-refractivity contribution is 5.31. The maximum Gasteiger partial charge on any atom is 0.416 e. The van der Waals surface area contributed by atoms with Crippen molar-refractivity contribution in [3.05, 3.63) is 91.8 Å². The monoisotopic (exact) mass is 430 g/mol. The fourth-order valence-electron chi connectivity index (χ4n) is 2.89. The van der Waals surface area contributed by atoms with E-state index in [2.05, 4.69) is 10.2 Å². The number of hydrogen-bond donors (Lipinski definition) is 0. The summed E-state index contributed by atoms with van der Waals surface area (Å²) in [6, 6.07) is 8.64. The van der Waals surface area contributed by atoms with Crippen LogP contribution in [0.5, 0.6) is 0 Å². The van der Waals surface area contributed by atoms with E-state index in [-0.39, 0.29) is 11.1 Å². The van der Waals surface area contributed by atoms with E-state index in [1.165, 1.54) is 12.1 Å². The average Bonchev–Trinajstić information content (AvgIpc) is 2.66. The van der Waals surface area contributed by atoms with Gasteiger partial charge in [-0.15, -0.1) is 0 Å². The SMILES string of the molecule is O=c1nnc(=O)n(Cc2ccccc2C(F)(F)F)n1Cc1ccccc1C(F)(F)F. The molecule has 0 N–H and O–H groups in total. The van der Waals surface area contributed by atoms with E-state index < -0.39 is 47.9 Å². The van der Waals surface area contributed by atoms with Gasteiger partial charge in [0.1, 0.15) is 0 Å². The first kappa shape index (κ1) is 21.3. The third kappa shape index (κ3) is 4.42. The summed E-state index contributed by atoms with van der Waals surface area (Å²) in [6.07, 6.45) is -9.48. The van der Waals surface area contributed by atoms with Crippen molar-refractivity contribution in [1.82, 2.24) is 19.6 Å². The number of rotatable bonds is 4. The zero-order chi connectivity index (χ0) is 22.1. The maximum atomic E-state index is 13.3. The number of aromatic nitrogens is 4. The van der Waals surface area contributed by atoms with Crippen LogP contribution in [0.25, 0.3) is 0 Å². The number of benzene rings is 2. The summed E-state index contributed by atoms with van der Waals surface area (Å²) in [5.74, 6) is 0. The highest BCUT2D eigenvalue weighted by atomic mass is 19.4. The Hall–Kier alpha value is -3.44. The van der Waals surface area contributed by atoms with Crippen molar-refractivity contribution < 1.29 is 26.3 Å². The van der Waals surface area contributed by atoms with E-state index in [4.69, 9.17) is 0 Å². The number of alkyl halides is 6. The Labute approximate surface area is 164 Å². The van der Waals surface area contributed by atoms with E-state index in [1.54, 1.807) is 0 Å². The molecule has 1 heterocycles. The van der Waals surface area contributed by atoms with E-state index >= 15 is 0 Å². The fourth-order valence-corrected chi connectivity index (χ4v) is 2.89. The summed E-state index contributed by atoms with van der Waals surface area (Å²) >= 11 is 0. The van der Waals surface area contributed by atoms with E-state index in [9.17, 15) is 35.9 Å². The molecule has 0 bridgehead atoms. The molecule has 6 nitrogen and oxygen atoms in total. The van der Waals surface area contributed by atoms with E-state index in [0.29, 0.717) is 9.36 Å². The molecule has 0 radical (unpaired) electrons. The minimum Gasteiger partial charge on any atom is -0.242 e. The predicted octanol–water partition coefficient (Wildman–Crippen LogP) is 2.93. The molecule has 30 heavy (non-hydrogen) atoms. The van der Waals surface area contributed by atoms with Crippen molar-refractivity contribution in [1.29, 1.82) is 0 Å². The molecule has 12 heteroatoms. The summed E-state index contributed by atoms with van der Waals surface area (Å²) < 4.78 is 80.6. The molecule has 3 rings (SSSR count). The van der Waals surface area contributed by atoms with Crippen molar-refractivity contribution in [2.75, 3.05) is 0 Å².